The van der Waals surface area contributed by atoms with Crippen molar-refractivity contribution in [2.75, 3.05) is 29.4 Å². The number of hydrogen-bond donors (Lipinski definition) is 0. The van der Waals surface area contributed by atoms with Crippen LogP contribution in [0.1, 0.15) is 0 Å². The Morgan fingerprint density at radius 2 is 0.355 bits per heavy atom. The van der Waals surface area contributed by atoms with Crippen molar-refractivity contribution in [2.45, 2.75) is 0 Å². The van der Waals surface area contributed by atoms with Gasteiger partial charge in [-0.3, -0.25) is 0 Å². The van der Waals surface area contributed by atoms with Crippen LogP contribution in [0.5, 0.6) is 0 Å². The molecule has 0 saturated heterocycles. The quantitative estimate of drug-likeness (QED) is 0.152. The van der Waals surface area contributed by atoms with Gasteiger partial charge in [-0.05, 0) is 121 Å². The van der Waals surface area contributed by atoms with Crippen molar-refractivity contribution in [3.8, 4) is 0 Å². The predicted octanol–water partition coefficient (Wildman–Crippen LogP) is 15.9. The van der Waals surface area contributed by atoms with Crippen molar-refractivity contribution in [1.82, 2.24) is 0 Å². The van der Waals surface area contributed by atoms with Gasteiger partial charge in [0.2, 0.25) is 0 Å². The van der Waals surface area contributed by atoms with Crippen LogP contribution < -0.4 is 61.2 Å². The molecular formula is C66H42N6P2S2. The molecule has 358 valence electrons. The molecule has 0 atom stereocenters. The lowest BCUT2D eigenvalue weighted by Crippen LogP contribution is -2.53. The highest BCUT2D eigenvalue weighted by Crippen LogP contribution is 2.75. The summed E-state index contributed by atoms with van der Waals surface area (Å²) >= 11 is 16.0. The van der Waals surface area contributed by atoms with Crippen LogP contribution in [0.4, 0.5) is 102 Å². The normalized spacial score (nSPS) is 15.5. The molecule has 11 aromatic rings. The van der Waals surface area contributed by atoms with Gasteiger partial charge < -0.3 is 29.4 Å². The molecule has 0 saturated carbocycles. The Morgan fingerprint density at radius 3 is 0.553 bits per heavy atom. The molecule has 6 nitrogen and oxygen atoms in total. The van der Waals surface area contributed by atoms with Crippen LogP contribution in [0.3, 0.4) is 0 Å². The average molecular weight is 1050 g/mol. The Balaban J connectivity index is 1.15. The molecule has 0 aromatic heterocycles. The van der Waals surface area contributed by atoms with E-state index >= 15 is 0 Å². The minimum atomic E-state index is -3.09. The third-order valence-corrected chi connectivity index (χ3v) is 25.9. The molecule has 6 aliphatic rings. The minimum absolute atomic E-state index is 1.05. The second kappa shape index (κ2) is 15.5. The Bertz CT molecular complexity index is 3880. The maximum Gasteiger partial charge on any atom is 0.0824 e. The molecule has 0 N–H and O–H groups in total. The first kappa shape index (κ1) is 42.8. The van der Waals surface area contributed by atoms with Crippen LogP contribution in [0.25, 0.3) is 0 Å². The van der Waals surface area contributed by atoms with Gasteiger partial charge in [0.05, 0.1) is 80.3 Å². The predicted molar refractivity (Wildman–Crippen MR) is 328 cm³/mol. The Morgan fingerprint density at radius 1 is 0.184 bits per heavy atom. The molecule has 0 unspecified atom stereocenters. The van der Waals surface area contributed by atoms with Gasteiger partial charge in [-0.25, -0.2) is 0 Å². The summed E-state index contributed by atoms with van der Waals surface area (Å²) in [4.78, 5) is 15.2. The van der Waals surface area contributed by atoms with Gasteiger partial charge >= 0.3 is 0 Å². The van der Waals surface area contributed by atoms with E-state index in [0.717, 1.165) is 102 Å². The van der Waals surface area contributed by atoms with Gasteiger partial charge in [0.1, 0.15) is 0 Å². The molecule has 0 spiro atoms. The number of hydrogen-bond acceptors (Lipinski definition) is 8. The Hall–Kier alpha value is -8.48. The summed E-state index contributed by atoms with van der Waals surface area (Å²) in [5.41, 5.74) is 19.6. The molecule has 17 rings (SSSR count). The van der Waals surface area contributed by atoms with Gasteiger partial charge in [0, 0.05) is 66.0 Å². The highest BCUT2D eigenvalue weighted by molar-refractivity contribution is 8.27. The molecule has 0 aliphatic carbocycles. The number of para-hydroxylation sites is 6. The van der Waals surface area contributed by atoms with Crippen LogP contribution >= 0.6 is 12.1 Å². The lowest BCUT2D eigenvalue weighted by atomic mass is 10.0. The lowest BCUT2D eigenvalue weighted by molar-refractivity contribution is 1.18. The van der Waals surface area contributed by atoms with E-state index in [1.807, 2.05) is 0 Å². The standard InChI is InChI=1S/C66H42N6P2S2/c75-73-61-49-35-19-39-53(61)69(45-27-11-3-12-28-45)57-59-66-60(58(65(57)73)70(46-29-13-4-14-30-46)54-40-20-36-50(62(54)73)67(49)43-23-7-1-8-24-43)72(48-33-17-6-18-34-48)56-42-22-38-52-64(56)74(66,76)63-51(68(52)44-25-9-2-10-26-44)37-21-41-55(63)71(59)47-31-15-5-16-32-47/h1-42H. The molecule has 11 aromatic carbocycles. The summed E-state index contributed by atoms with van der Waals surface area (Å²) < 4.78 is 0. The van der Waals surface area contributed by atoms with Gasteiger partial charge in [-0.2, -0.15) is 0 Å². The Kier molecular flexibility index (Phi) is 8.76. The van der Waals surface area contributed by atoms with Crippen molar-refractivity contribution >= 4 is 170 Å². The molecule has 0 fully saturated rings. The summed E-state index contributed by atoms with van der Waals surface area (Å²) in [6.45, 7) is 0. The molecule has 0 amide bonds. The zero-order chi connectivity index (χ0) is 50.0. The van der Waals surface area contributed by atoms with Crippen molar-refractivity contribution in [2.24, 2.45) is 0 Å². The van der Waals surface area contributed by atoms with E-state index in [0.29, 0.717) is 0 Å². The van der Waals surface area contributed by atoms with E-state index in [9.17, 15) is 0 Å². The van der Waals surface area contributed by atoms with Gasteiger partial charge in [0.25, 0.3) is 0 Å². The van der Waals surface area contributed by atoms with E-state index in [1.165, 1.54) is 31.8 Å². The maximum atomic E-state index is 8.02. The fourth-order valence-corrected chi connectivity index (χ4v) is 24.1. The van der Waals surface area contributed by atoms with Crippen LogP contribution in [-0.2, 0) is 23.6 Å². The van der Waals surface area contributed by atoms with E-state index in [2.05, 4.69) is 284 Å². The molecule has 0 bridgehead atoms. The molecule has 76 heavy (non-hydrogen) atoms. The van der Waals surface area contributed by atoms with Crippen LogP contribution in [0, 0.1) is 0 Å². The van der Waals surface area contributed by atoms with Crippen LogP contribution in [0.15, 0.2) is 255 Å². The first-order chi connectivity index (χ1) is 37.6. The molecular weight excluding hydrogens is 1000 g/mol. The van der Waals surface area contributed by atoms with Gasteiger partial charge in [-0.15, -0.1) is 0 Å². The van der Waals surface area contributed by atoms with Crippen LogP contribution in [-0.4, -0.2) is 0 Å². The fourth-order valence-electron chi connectivity index (χ4n) is 13.4. The second-order valence-electron chi connectivity index (χ2n) is 19.9. The maximum absolute atomic E-state index is 8.02. The highest BCUT2D eigenvalue weighted by Gasteiger charge is 2.60. The number of fused-ring (bicyclic) bond motifs is 2. The van der Waals surface area contributed by atoms with Crippen molar-refractivity contribution < 1.29 is 0 Å². The third kappa shape index (κ3) is 5.27. The number of benzene rings is 11. The summed E-state index contributed by atoms with van der Waals surface area (Å²) in [7, 11) is 0. The smallest absolute Gasteiger partial charge is 0.0824 e. The first-order valence-electron chi connectivity index (χ1n) is 25.7. The number of nitrogens with zero attached hydrogens (tertiary/aromatic N) is 6. The molecule has 6 heterocycles. The number of anilines is 18. The molecule has 0 radical (unpaired) electrons. The fraction of sp³-hybridized carbons (Fsp3) is 0. The summed E-state index contributed by atoms with van der Waals surface area (Å²) in [6.07, 6.45) is 0. The summed E-state index contributed by atoms with van der Waals surface area (Å²) in [5, 5.41) is 7.11. The van der Waals surface area contributed by atoms with Crippen molar-refractivity contribution in [3.05, 3.63) is 255 Å². The van der Waals surface area contributed by atoms with Crippen molar-refractivity contribution in [3.63, 3.8) is 0 Å². The monoisotopic (exact) mass is 1040 g/mol. The van der Waals surface area contributed by atoms with Crippen molar-refractivity contribution in [1.29, 1.82) is 0 Å². The SMILES string of the molecule is S=P12c3c4cccc3N(c3ccccc3)c3c5c6c(c(c31)N(c1ccccc1)c1cccc(c12)N4c1ccccc1)N(c1ccccc1)c1cccc2c1P6(=S)c1c(cccc1N5c1ccccc1)N2c1ccccc1. The van der Waals surface area contributed by atoms with E-state index < -0.39 is 12.1 Å². The highest BCUT2D eigenvalue weighted by atomic mass is 32.4. The van der Waals surface area contributed by atoms with Gasteiger partial charge in [-0.1, -0.05) is 157 Å². The van der Waals surface area contributed by atoms with Crippen LogP contribution in [0.2, 0.25) is 0 Å². The molecule has 6 aliphatic heterocycles. The van der Waals surface area contributed by atoms with E-state index in [1.54, 1.807) is 0 Å². The minimum Gasteiger partial charge on any atom is -0.309 e. The van der Waals surface area contributed by atoms with E-state index in [-0.39, 0.29) is 0 Å². The average Bonchev–Trinajstić information content (AvgIpc) is 3.53. The summed E-state index contributed by atoms with van der Waals surface area (Å²) in [6, 6.07) is 87.0. The largest absolute Gasteiger partial charge is 0.309 e. The first-order valence-corrected chi connectivity index (χ1v) is 31.3. The van der Waals surface area contributed by atoms with E-state index in [4.69, 9.17) is 23.6 Å². The zero-order valence-corrected chi connectivity index (χ0v) is 44.1. The van der Waals surface area contributed by atoms with Gasteiger partial charge in [0.15, 0.2) is 0 Å². The number of rotatable bonds is 6. The topological polar surface area (TPSA) is 19.4 Å². The Labute approximate surface area is 451 Å². The second-order valence-corrected chi connectivity index (χ2v) is 28.3. The lowest BCUT2D eigenvalue weighted by Gasteiger charge is -2.57. The molecule has 10 heteroatoms. The third-order valence-electron chi connectivity index (χ3n) is 16.1. The zero-order valence-electron chi connectivity index (χ0n) is 40.6. The summed E-state index contributed by atoms with van der Waals surface area (Å²) in [5.74, 6) is 0.